The Hall–Kier alpha value is -2.38. The maximum Gasteiger partial charge on any atom is 0.248 e. The molecule has 0 aliphatic heterocycles. The second-order valence-electron chi connectivity index (χ2n) is 6.67. The standard InChI is InChI=1S/C19H22N2O4S/c1-14(2)9-10-21(13-16-4-3-11-25-16)26(23,24)17-6-7-18-15(12-17)5-8-19(22)20-18/h3-8,11-12,14H,9-10,13H2,1-2H3,(H,20,22). The third-order valence-corrected chi connectivity index (χ3v) is 6.04. The van der Waals surface area contributed by atoms with E-state index in [9.17, 15) is 13.2 Å². The van der Waals surface area contributed by atoms with E-state index < -0.39 is 10.0 Å². The van der Waals surface area contributed by atoms with Crippen LogP contribution in [0.4, 0.5) is 0 Å². The lowest BCUT2D eigenvalue weighted by Crippen LogP contribution is -2.32. The number of furan rings is 1. The zero-order valence-corrected chi connectivity index (χ0v) is 15.6. The van der Waals surface area contributed by atoms with E-state index in [1.54, 1.807) is 30.3 Å². The van der Waals surface area contributed by atoms with Gasteiger partial charge in [0.1, 0.15) is 5.76 Å². The molecule has 1 N–H and O–H groups in total. The first-order valence-electron chi connectivity index (χ1n) is 8.52. The molecule has 0 amide bonds. The Morgan fingerprint density at radius 2 is 1.96 bits per heavy atom. The van der Waals surface area contributed by atoms with Crippen LogP contribution in [0.3, 0.4) is 0 Å². The third-order valence-electron chi connectivity index (χ3n) is 4.20. The molecule has 3 rings (SSSR count). The van der Waals surface area contributed by atoms with Crippen molar-refractivity contribution in [1.29, 1.82) is 0 Å². The molecule has 3 aromatic rings. The molecule has 0 unspecified atom stereocenters. The van der Waals surface area contributed by atoms with Gasteiger partial charge in [-0.05, 0) is 54.1 Å². The van der Waals surface area contributed by atoms with Gasteiger partial charge >= 0.3 is 0 Å². The van der Waals surface area contributed by atoms with Gasteiger partial charge in [0.15, 0.2) is 0 Å². The molecule has 2 heterocycles. The minimum atomic E-state index is -3.69. The summed E-state index contributed by atoms with van der Waals surface area (Å²) in [6.07, 6.45) is 2.29. The SMILES string of the molecule is CC(C)CCN(Cc1ccco1)S(=O)(=O)c1ccc2[nH]c(=O)ccc2c1. The van der Waals surface area contributed by atoms with E-state index >= 15 is 0 Å². The Kier molecular flexibility index (Phi) is 5.29. The smallest absolute Gasteiger partial charge is 0.248 e. The number of hydrogen-bond acceptors (Lipinski definition) is 4. The normalized spacial score (nSPS) is 12.3. The molecular formula is C19H22N2O4S. The van der Waals surface area contributed by atoms with Crippen molar-refractivity contribution in [3.05, 3.63) is 64.8 Å². The van der Waals surface area contributed by atoms with Gasteiger partial charge < -0.3 is 9.40 Å². The highest BCUT2D eigenvalue weighted by Gasteiger charge is 2.25. The molecule has 0 radical (unpaired) electrons. The van der Waals surface area contributed by atoms with Gasteiger partial charge in [0.05, 0.1) is 17.7 Å². The Balaban J connectivity index is 1.97. The van der Waals surface area contributed by atoms with Crippen molar-refractivity contribution in [3.8, 4) is 0 Å². The van der Waals surface area contributed by atoms with Gasteiger partial charge in [0.25, 0.3) is 0 Å². The number of fused-ring (bicyclic) bond motifs is 1. The first kappa shape index (κ1) is 18.4. The average molecular weight is 374 g/mol. The number of aromatic amines is 1. The number of H-pyrrole nitrogens is 1. The molecule has 7 heteroatoms. The van der Waals surface area contributed by atoms with E-state index in [0.29, 0.717) is 29.1 Å². The maximum atomic E-state index is 13.2. The van der Waals surface area contributed by atoms with Crippen molar-refractivity contribution in [2.75, 3.05) is 6.54 Å². The summed E-state index contributed by atoms with van der Waals surface area (Å²) in [5, 5.41) is 0.674. The second kappa shape index (κ2) is 7.47. The Morgan fingerprint density at radius 3 is 2.65 bits per heavy atom. The number of nitrogens with zero attached hydrogens (tertiary/aromatic N) is 1. The van der Waals surface area contributed by atoms with Crippen molar-refractivity contribution in [2.24, 2.45) is 5.92 Å². The summed E-state index contributed by atoms with van der Waals surface area (Å²) >= 11 is 0. The van der Waals surface area contributed by atoms with E-state index in [1.165, 1.54) is 22.7 Å². The fourth-order valence-electron chi connectivity index (χ4n) is 2.70. The van der Waals surface area contributed by atoms with Crippen LogP contribution in [0.1, 0.15) is 26.0 Å². The molecule has 0 atom stereocenters. The summed E-state index contributed by atoms with van der Waals surface area (Å²) in [6, 6.07) is 11.3. The van der Waals surface area contributed by atoms with Gasteiger partial charge in [-0.1, -0.05) is 13.8 Å². The Morgan fingerprint density at radius 1 is 1.15 bits per heavy atom. The van der Waals surface area contributed by atoms with Gasteiger partial charge in [-0.15, -0.1) is 0 Å². The van der Waals surface area contributed by atoms with E-state index in [0.717, 1.165) is 6.42 Å². The van der Waals surface area contributed by atoms with Crippen LogP contribution in [-0.2, 0) is 16.6 Å². The highest BCUT2D eigenvalue weighted by atomic mass is 32.2. The molecule has 138 valence electrons. The minimum absolute atomic E-state index is 0.186. The van der Waals surface area contributed by atoms with E-state index in [4.69, 9.17) is 4.42 Å². The lowest BCUT2D eigenvalue weighted by atomic mass is 10.1. The predicted octanol–water partition coefficient (Wildman–Crippen LogP) is 3.36. The Labute approximate surface area is 152 Å². The molecule has 2 aromatic heterocycles. The van der Waals surface area contributed by atoms with E-state index in [1.807, 2.05) is 0 Å². The zero-order chi connectivity index (χ0) is 18.7. The largest absolute Gasteiger partial charge is 0.468 e. The van der Waals surface area contributed by atoms with Crippen molar-refractivity contribution >= 4 is 20.9 Å². The predicted molar refractivity (Wildman–Crippen MR) is 100 cm³/mol. The van der Waals surface area contributed by atoms with Crippen molar-refractivity contribution in [1.82, 2.24) is 9.29 Å². The molecule has 26 heavy (non-hydrogen) atoms. The number of aromatic nitrogens is 1. The van der Waals surface area contributed by atoms with Crippen LogP contribution in [0.15, 0.2) is 62.8 Å². The van der Waals surface area contributed by atoms with Crippen LogP contribution in [0.25, 0.3) is 10.9 Å². The first-order chi connectivity index (χ1) is 12.4. The number of benzene rings is 1. The summed E-state index contributed by atoms with van der Waals surface area (Å²) in [5.41, 5.74) is 0.390. The number of rotatable bonds is 7. The van der Waals surface area contributed by atoms with E-state index in [-0.39, 0.29) is 17.0 Å². The first-order valence-corrected chi connectivity index (χ1v) is 9.96. The van der Waals surface area contributed by atoms with Crippen LogP contribution in [0.2, 0.25) is 0 Å². The quantitative estimate of drug-likeness (QED) is 0.687. The molecule has 0 fully saturated rings. The fourth-order valence-corrected chi connectivity index (χ4v) is 4.16. The molecule has 0 bridgehead atoms. The molecule has 0 saturated carbocycles. The molecule has 6 nitrogen and oxygen atoms in total. The van der Waals surface area contributed by atoms with Gasteiger partial charge in [0.2, 0.25) is 15.6 Å². The average Bonchev–Trinajstić information content (AvgIpc) is 3.10. The summed E-state index contributed by atoms with van der Waals surface area (Å²) in [4.78, 5) is 14.3. The highest BCUT2D eigenvalue weighted by molar-refractivity contribution is 7.89. The monoisotopic (exact) mass is 374 g/mol. The minimum Gasteiger partial charge on any atom is -0.468 e. The molecule has 0 aliphatic rings. The van der Waals surface area contributed by atoms with Crippen LogP contribution in [0, 0.1) is 5.92 Å². The topological polar surface area (TPSA) is 83.4 Å². The maximum absolute atomic E-state index is 13.2. The summed E-state index contributed by atoms with van der Waals surface area (Å²) in [5.74, 6) is 0.980. The summed E-state index contributed by atoms with van der Waals surface area (Å²) in [7, 11) is -3.69. The molecule has 0 spiro atoms. The molecular weight excluding hydrogens is 352 g/mol. The highest BCUT2D eigenvalue weighted by Crippen LogP contribution is 2.23. The lowest BCUT2D eigenvalue weighted by Gasteiger charge is -2.22. The zero-order valence-electron chi connectivity index (χ0n) is 14.8. The summed E-state index contributed by atoms with van der Waals surface area (Å²) in [6.45, 7) is 4.71. The van der Waals surface area contributed by atoms with Crippen molar-refractivity contribution in [3.63, 3.8) is 0 Å². The third kappa shape index (κ3) is 4.05. The molecule has 0 aliphatic carbocycles. The van der Waals surface area contributed by atoms with E-state index in [2.05, 4.69) is 18.8 Å². The number of hydrogen-bond donors (Lipinski definition) is 1. The van der Waals surface area contributed by atoms with Crippen molar-refractivity contribution in [2.45, 2.75) is 31.7 Å². The molecule has 0 saturated heterocycles. The number of nitrogens with one attached hydrogen (secondary N) is 1. The second-order valence-corrected chi connectivity index (χ2v) is 8.61. The van der Waals surface area contributed by atoms with Crippen LogP contribution >= 0.6 is 0 Å². The van der Waals surface area contributed by atoms with Gasteiger partial charge in [-0.25, -0.2) is 8.42 Å². The lowest BCUT2D eigenvalue weighted by molar-refractivity contribution is 0.343. The van der Waals surface area contributed by atoms with Gasteiger partial charge in [-0.2, -0.15) is 4.31 Å². The molecule has 1 aromatic carbocycles. The summed E-state index contributed by atoms with van der Waals surface area (Å²) < 4.78 is 33.2. The van der Waals surface area contributed by atoms with Crippen LogP contribution in [0.5, 0.6) is 0 Å². The van der Waals surface area contributed by atoms with Crippen LogP contribution < -0.4 is 5.56 Å². The Bertz CT molecular complexity index is 1040. The van der Waals surface area contributed by atoms with Crippen LogP contribution in [-0.4, -0.2) is 24.3 Å². The van der Waals surface area contributed by atoms with Gasteiger partial charge in [-0.3, -0.25) is 4.79 Å². The van der Waals surface area contributed by atoms with Crippen molar-refractivity contribution < 1.29 is 12.8 Å². The number of pyridine rings is 1. The fraction of sp³-hybridized carbons (Fsp3) is 0.316. The van der Waals surface area contributed by atoms with Gasteiger partial charge in [0, 0.05) is 18.1 Å². The number of sulfonamides is 1.